The molecule has 0 radical (unpaired) electrons. The molecule has 0 aromatic heterocycles. The Bertz CT molecular complexity index is 358. The van der Waals surface area contributed by atoms with Crippen LogP contribution in [-0.4, -0.2) is 0 Å². The summed E-state index contributed by atoms with van der Waals surface area (Å²) in [5.74, 6) is 0. The van der Waals surface area contributed by atoms with E-state index in [2.05, 4.69) is 50.3 Å². The number of unbranched alkanes of at least 4 members (excludes halogenated alkanes) is 8. The van der Waals surface area contributed by atoms with Gasteiger partial charge in [-0.3, -0.25) is 0 Å². The van der Waals surface area contributed by atoms with Crippen LogP contribution in [0.3, 0.4) is 0 Å². The topological polar surface area (TPSA) is 0 Å². The normalized spacial score (nSPS) is 11.3. The first-order valence-corrected chi connectivity index (χ1v) is 9.12. The summed E-state index contributed by atoms with van der Waals surface area (Å²) in [4.78, 5) is 0. The van der Waals surface area contributed by atoms with E-state index >= 15 is 0 Å². The lowest BCUT2D eigenvalue weighted by Crippen LogP contribution is -1.86. The van der Waals surface area contributed by atoms with Gasteiger partial charge in [0.1, 0.15) is 0 Å². The molecule has 0 unspecified atom stereocenters. The monoisotopic (exact) mass is 286 g/mol. The minimum Gasteiger partial charge on any atom is -0.0839 e. The lowest BCUT2D eigenvalue weighted by Gasteiger charge is -2.03. The third-order valence-corrected chi connectivity index (χ3v) is 4.08. The molecule has 0 atom stereocenters. The van der Waals surface area contributed by atoms with Crippen molar-refractivity contribution in [3.63, 3.8) is 0 Å². The molecule has 0 amide bonds. The Balaban J connectivity index is 2.14. The number of rotatable bonds is 12. The first-order valence-electron chi connectivity index (χ1n) is 9.12. The molecule has 0 spiro atoms. The zero-order valence-corrected chi connectivity index (χ0v) is 14.2. The molecular weight excluding hydrogens is 252 g/mol. The molecule has 0 nitrogen and oxygen atoms in total. The molecule has 1 rings (SSSR count). The summed E-state index contributed by atoms with van der Waals surface area (Å²) >= 11 is 0. The van der Waals surface area contributed by atoms with Gasteiger partial charge in [-0.15, -0.1) is 0 Å². The fourth-order valence-corrected chi connectivity index (χ4v) is 2.62. The van der Waals surface area contributed by atoms with Crippen molar-refractivity contribution >= 4 is 6.08 Å². The summed E-state index contributed by atoms with van der Waals surface area (Å²) < 4.78 is 0. The Morgan fingerprint density at radius 2 is 1.33 bits per heavy atom. The van der Waals surface area contributed by atoms with Crippen LogP contribution >= 0.6 is 0 Å². The summed E-state index contributed by atoms with van der Waals surface area (Å²) in [6.45, 7) is 4.52. The Morgan fingerprint density at radius 1 is 0.714 bits per heavy atom. The minimum absolute atomic E-state index is 1.20. The molecule has 0 saturated carbocycles. The first-order chi connectivity index (χ1) is 10.4. The molecule has 0 saturated heterocycles. The predicted molar refractivity (Wildman–Crippen MR) is 96.7 cm³/mol. The van der Waals surface area contributed by atoms with Gasteiger partial charge in [0.05, 0.1) is 0 Å². The minimum atomic E-state index is 1.20. The van der Waals surface area contributed by atoms with Gasteiger partial charge in [-0.2, -0.15) is 0 Å². The molecule has 0 N–H and O–H groups in total. The highest BCUT2D eigenvalue weighted by atomic mass is 14.0. The fraction of sp³-hybridized carbons (Fsp3) is 0.619. The number of hydrogen-bond acceptors (Lipinski definition) is 0. The summed E-state index contributed by atoms with van der Waals surface area (Å²) in [6, 6.07) is 9.13. The van der Waals surface area contributed by atoms with E-state index in [-0.39, 0.29) is 0 Å². The van der Waals surface area contributed by atoms with Gasteiger partial charge in [0.15, 0.2) is 0 Å². The van der Waals surface area contributed by atoms with Crippen molar-refractivity contribution in [3.8, 4) is 0 Å². The van der Waals surface area contributed by atoms with Crippen molar-refractivity contribution in [1.29, 1.82) is 0 Å². The highest BCUT2D eigenvalue weighted by molar-refractivity contribution is 5.49. The van der Waals surface area contributed by atoms with E-state index in [0.29, 0.717) is 0 Å². The molecule has 0 aliphatic carbocycles. The molecule has 0 aliphatic heterocycles. The van der Waals surface area contributed by atoms with E-state index in [4.69, 9.17) is 0 Å². The Labute approximate surface area is 132 Å². The average Bonchev–Trinajstić information content (AvgIpc) is 2.52. The smallest absolute Gasteiger partial charge is 0.0260 e. The summed E-state index contributed by atoms with van der Waals surface area (Å²) in [7, 11) is 0. The molecule has 118 valence electrons. The van der Waals surface area contributed by atoms with Crippen molar-refractivity contribution < 1.29 is 0 Å². The Morgan fingerprint density at radius 3 is 2.00 bits per heavy atom. The van der Waals surface area contributed by atoms with Gasteiger partial charge in [0.2, 0.25) is 0 Å². The molecule has 1 aromatic carbocycles. The van der Waals surface area contributed by atoms with Gasteiger partial charge in [-0.1, -0.05) is 102 Å². The van der Waals surface area contributed by atoms with Crippen LogP contribution in [0.2, 0.25) is 0 Å². The van der Waals surface area contributed by atoms with Crippen molar-refractivity contribution in [1.82, 2.24) is 0 Å². The van der Waals surface area contributed by atoms with Crippen LogP contribution < -0.4 is 0 Å². The predicted octanol–water partition coefficient (Wildman–Crippen LogP) is 7.18. The molecule has 0 heteroatoms. The van der Waals surface area contributed by atoms with Gasteiger partial charge in [0, 0.05) is 0 Å². The quantitative estimate of drug-likeness (QED) is 0.357. The van der Waals surface area contributed by atoms with Gasteiger partial charge < -0.3 is 0 Å². The maximum Gasteiger partial charge on any atom is -0.0260 e. The van der Waals surface area contributed by atoms with Gasteiger partial charge in [-0.05, 0) is 30.4 Å². The zero-order chi connectivity index (χ0) is 15.2. The molecule has 1 aromatic rings. The van der Waals surface area contributed by atoms with Gasteiger partial charge >= 0.3 is 0 Å². The summed E-state index contributed by atoms with van der Waals surface area (Å²) in [5.41, 5.74) is 2.84. The van der Waals surface area contributed by atoms with Gasteiger partial charge in [0.25, 0.3) is 0 Å². The second kappa shape index (κ2) is 12.7. The lowest BCUT2D eigenvalue weighted by atomic mass is 10.0. The van der Waals surface area contributed by atoms with E-state index in [1.54, 1.807) is 0 Å². The van der Waals surface area contributed by atoms with E-state index in [1.165, 1.54) is 81.8 Å². The number of allylic oxidation sites excluding steroid dienone is 1. The third-order valence-electron chi connectivity index (χ3n) is 4.08. The Kier molecular flexibility index (Phi) is 10.9. The van der Waals surface area contributed by atoms with Crippen molar-refractivity contribution in [3.05, 3.63) is 41.5 Å². The summed E-state index contributed by atoms with van der Waals surface area (Å²) in [5, 5.41) is 0. The third kappa shape index (κ3) is 9.50. The van der Waals surface area contributed by atoms with Crippen molar-refractivity contribution in [2.45, 2.75) is 84.5 Å². The molecule has 21 heavy (non-hydrogen) atoms. The van der Waals surface area contributed by atoms with Crippen LogP contribution in [0, 0.1) is 0 Å². The standard InChI is InChI=1S/C21H34/c1-3-5-7-9-10-11-13-15-21-18-16-20(17-19-21)14-12-8-6-4-2/h12,14,16-19H,3-11,13,15H2,1-2H3/b14-12+. The molecule has 0 fully saturated rings. The lowest BCUT2D eigenvalue weighted by molar-refractivity contribution is 0.589. The van der Waals surface area contributed by atoms with Crippen LogP contribution in [0.4, 0.5) is 0 Å². The van der Waals surface area contributed by atoms with Crippen molar-refractivity contribution in [2.75, 3.05) is 0 Å². The largest absolute Gasteiger partial charge is 0.0839 e. The molecule has 0 heterocycles. The van der Waals surface area contributed by atoms with E-state index in [0.717, 1.165) is 0 Å². The molecule has 0 bridgehead atoms. The molecular formula is C21H34. The number of benzene rings is 1. The zero-order valence-electron chi connectivity index (χ0n) is 14.2. The second-order valence-corrected chi connectivity index (χ2v) is 6.16. The molecule has 0 aliphatic rings. The first kappa shape index (κ1) is 18.0. The maximum atomic E-state index is 2.30. The fourth-order valence-electron chi connectivity index (χ4n) is 2.62. The van der Waals surface area contributed by atoms with Crippen molar-refractivity contribution in [2.24, 2.45) is 0 Å². The van der Waals surface area contributed by atoms with Crippen LogP contribution in [0.1, 0.15) is 89.2 Å². The highest BCUT2D eigenvalue weighted by Gasteiger charge is 1.95. The average molecular weight is 287 g/mol. The SMILES string of the molecule is CCCC/C=C/c1ccc(CCCCCCCCC)cc1. The Hall–Kier alpha value is -1.04. The van der Waals surface area contributed by atoms with Crippen LogP contribution in [0.25, 0.3) is 6.08 Å². The highest BCUT2D eigenvalue weighted by Crippen LogP contribution is 2.12. The number of aryl methyl sites for hydroxylation is 1. The van der Waals surface area contributed by atoms with E-state index < -0.39 is 0 Å². The van der Waals surface area contributed by atoms with Crippen LogP contribution in [-0.2, 0) is 6.42 Å². The van der Waals surface area contributed by atoms with Crippen LogP contribution in [0.15, 0.2) is 30.3 Å². The number of hydrogen-bond donors (Lipinski definition) is 0. The maximum absolute atomic E-state index is 2.30. The van der Waals surface area contributed by atoms with E-state index in [1.807, 2.05) is 0 Å². The van der Waals surface area contributed by atoms with Crippen LogP contribution in [0.5, 0.6) is 0 Å². The second-order valence-electron chi connectivity index (χ2n) is 6.16. The van der Waals surface area contributed by atoms with Gasteiger partial charge in [-0.25, -0.2) is 0 Å². The summed E-state index contributed by atoms with van der Waals surface area (Å²) in [6.07, 6.45) is 19.3. The van der Waals surface area contributed by atoms with E-state index in [9.17, 15) is 0 Å².